The molecule has 1 N–H and O–H groups in total. The van der Waals surface area contributed by atoms with E-state index in [4.69, 9.17) is 0 Å². The summed E-state index contributed by atoms with van der Waals surface area (Å²) in [6.07, 6.45) is 0. The fourth-order valence-electron chi connectivity index (χ4n) is 2.15. The number of rotatable bonds is 4. The summed E-state index contributed by atoms with van der Waals surface area (Å²) >= 11 is 0. The summed E-state index contributed by atoms with van der Waals surface area (Å²) in [4.78, 5) is 0. The zero-order valence-corrected chi connectivity index (χ0v) is 11.7. The van der Waals surface area contributed by atoms with Gasteiger partial charge in [-0.3, -0.25) is 0 Å². The van der Waals surface area contributed by atoms with Crippen molar-refractivity contribution in [1.29, 1.82) is 0 Å². The molecule has 0 aliphatic rings. The van der Waals surface area contributed by atoms with E-state index in [1.165, 1.54) is 17.2 Å². The molecule has 2 rings (SSSR count). The van der Waals surface area contributed by atoms with Crippen molar-refractivity contribution in [2.24, 2.45) is 0 Å². The van der Waals surface area contributed by atoms with Crippen LogP contribution in [0.1, 0.15) is 35.2 Å². The summed E-state index contributed by atoms with van der Waals surface area (Å²) < 4.78 is 13.2. The molecule has 0 saturated heterocycles. The monoisotopic (exact) mass is 257 g/mol. The van der Waals surface area contributed by atoms with Gasteiger partial charge in [-0.05, 0) is 49.6 Å². The third-order valence-corrected chi connectivity index (χ3v) is 3.45. The SMILES string of the molecule is Cc1cccc([C@H](C)NCc2cc(F)ccc2C)c1. The average molecular weight is 257 g/mol. The molecule has 0 fully saturated rings. The van der Waals surface area contributed by atoms with Crippen molar-refractivity contribution in [3.8, 4) is 0 Å². The average Bonchev–Trinajstić information content (AvgIpc) is 2.39. The molecule has 0 aromatic heterocycles. The first-order valence-electron chi connectivity index (χ1n) is 6.61. The van der Waals surface area contributed by atoms with Gasteiger partial charge in [0, 0.05) is 12.6 Å². The van der Waals surface area contributed by atoms with Crippen molar-refractivity contribution in [2.45, 2.75) is 33.4 Å². The minimum Gasteiger partial charge on any atom is -0.306 e. The molecule has 0 spiro atoms. The van der Waals surface area contributed by atoms with Gasteiger partial charge in [0.25, 0.3) is 0 Å². The molecule has 2 aromatic carbocycles. The predicted octanol–water partition coefficient (Wildman–Crippen LogP) is 4.29. The van der Waals surface area contributed by atoms with Crippen LogP contribution in [0, 0.1) is 19.7 Å². The van der Waals surface area contributed by atoms with E-state index in [0.29, 0.717) is 6.54 Å². The maximum atomic E-state index is 13.2. The van der Waals surface area contributed by atoms with E-state index in [-0.39, 0.29) is 11.9 Å². The predicted molar refractivity (Wildman–Crippen MR) is 77.6 cm³/mol. The van der Waals surface area contributed by atoms with Crippen molar-refractivity contribution in [1.82, 2.24) is 5.32 Å². The third kappa shape index (κ3) is 3.65. The maximum Gasteiger partial charge on any atom is 0.123 e. The molecule has 2 heteroatoms. The highest BCUT2D eigenvalue weighted by molar-refractivity contribution is 5.28. The van der Waals surface area contributed by atoms with Crippen LogP contribution < -0.4 is 5.32 Å². The molecule has 1 atom stereocenters. The minimum atomic E-state index is -0.175. The first-order valence-corrected chi connectivity index (χ1v) is 6.61. The second-order valence-electron chi connectivity index (χ2n) is 5.09. The smallest absolute Gasteiger partial charge is 0.123 e. The van der Waals surface area contributed by atoms with E-state index >= 15 is 0 Å². The maximum absolute atomic E-state index is 13.2. The summed E-state index contributed by atoms with van der Waals surface area (Å²) in [5.74, 6) is -0.175. The van der Waals surface area contributed by atoms with Crippen LogP contribution in [0.2, 0.25) is 0 Å². The van der Waals surface area contributed by atoms with Crippen molar-refractivity contribution in [2.75, 3.05) is 0 Å². The lowest BCUT2D eigenvalue weighted by Gasteiger charge is -2.16. The highest BCUT2D eigenvalue weighted by Crippen LogP contribution is 2.16. The highest BCUT2D eigenvalue weighted by atomic mass is 19.1. The van der Waals surface area contributed by atoms with Gasteiger partial charge in [-0.15, -0.1) is 0 Å². The Bertz CT molecular complexity index is 563. The zero-order valence-electron chi connectivity index (χ0n) is 11.7. The molecule has 0 saturated carbocycles. The Labute approximate surface area is 114 Å². The summed E-state index contributed by atoms with van der Waals surface area (Å²) in [6, 6.07) is 13.6. The van der Waals surface area contributed by atoms with E-state index in [2.05, 4.69) is 43.4 Å². The topological polar surface area (TPSA) is 12.0 Å². The van der Waals surface area contributed by atoms with E-state index in [1.54, 1.807) is 6.07 Å². The van der Waals surface area contributed by atoms with E-state index in [0.717, 1.165) is 11.1 Å². The Kier molecular flexibility index (Phi) is 4.33. The number of halogens is 1. The van der Waals surface area contributed by atoms with Crippen LogP contribution in [-0.4, -0.2) is 0 Å². The van der Waals surface area contributed by atoms with Crippen LogP contribution in [0.3, 0.4) is 0 Å². The van der Waals surface area contributed by atoms with Crippen LogP contribution in [0.5, 0.6) is 0 Å². The Balaban J connectivity index is 2.04. The first kappa shape index (κ1) is 13.8. The molecule has 0 aliphatic heterocycles. The van der Waals surface area contributed by atoms with Crippen LogP contribution in [-0.2, 0) is 6.54 Å². The Hall–Kier alpha value is -1.67. The van der Waals surface area contributed by atoms with E-state index in [1.807, 2.05) is 13.0 Å². The molecule has 0 bridgehead atoms. The number of nitrogens with one attached hydrogen (secondary N) is 1. The number of benzene rings is 2. The molecule has 1 nitrogen and oxygen atoms in total. The largest absolute Gasteiger partial charge is 0.306 e. The molecule has 2 aromatic rings. The van der Waals surface area contributed by atoms with Crippen molar-refractivity contribution in [3.63, 3.8) is 0 Å². The van der Waals surface area contributed by atoms with Crippen LogP contribution in [0.15, 0.2) is 42.5 Å². The lowest BCUT2D eigenvalue weighted by atomic mass is 10.0. The summed E-state index contributed by atoms with van der Waals surface area (Å²) in [5, 5.41) is 3.44. The number of aryl methyl sites for hydroxylation is 2. The normalized spacial score (nSPS) is 12.4. The molecule has 0 heterocycles. The standard InChI is InChI=1S/C17H20FN/c1-12-5-4-6-15(9-12)14(3)19-11-16-10-17(18)8-7-13(16)2/h4-10,14,19H,11H2,1-3H3/t14-/m0/s1. The quantitative estimate of drug-likeness (QED) is 0.861. The molecule has 100 valence electrons. The van der Waals surface area contributed by atoms with Gasteiger partial charge in [-0.25, -0.2) is 4.39 Å². The number of hydrogen-bond acceptors (Lipinski definition) is 1. The van der Waals surface area contributed by atoms with Gasteiger partial charge >= 0.3 is 0 Å². The Morgan fingerprint density at radius 1 is 1.11 bits per heavy atom. The van der Waals surface area contributed by atoms with Crippen molar-refractivity contribution in [3.05, 3.63) is 70.5 Å². The summed E-state index contributed by atoms with van der Waals surface area (Å²) in [5.41, 5.74) is 4.65. The molecule has 0 radical (unpaired) electrons. The van der Waals surface area contributed by atoms with Gasteiger partial charge in [-0.2, -0.15) is 0 Å². The number of hydrogen-bond donors (Lipinski definition) is 1. The van der Waals surface area contributed by atoms with Gasteiger partial charge in [-0.1, -0.05) is 35.9 Å². The zero-order chi connectivity index (χ0) is 13.8. The molecule has 0 amide bonds. The second kappa shape index (κ2) is 5.98. The lowest BCUT2D eigenvalue weighted by molar-refractivity contribution is 0.567. The minimum absolute atomic E-state index is 0.175. The second-order valence-corrected chi connectivity index (χ2v) is 5.09. The Morgan fingerprint density at radius 2 is 1.89 bits per heavy atom. The van der Waals surface area contributed by atoms with Gasteiger partial charge < -0.3 is 5.32 Å². The summed E-state index contributed by atoms with van der Waals surface area (Å²) in [6.45, 7) is 6.91. The molecular weight excluding hydrogens is 237 g/mol. The fraction of sp³-hybridized carbons (Fsp3) is 0.294. The van der Waals surface area contributed by atoms with Crippen LogP contribution in [0.4, 0.5) is 4.39 Å². The van der Waals surface area contributed by atoms with Gasteiger partial charge in [0.05, 0.1) is 0 Å². The lowest BCUT2D eigenvalue weighted by Crippen LogP contribution is -2.18. The highest BCUT2D eigenvalue weighted by Gasteiger charge is 2.06. The molecule has 0 unspecified atom stereocenters. The van der Waals surface area contributed by atoms with Gasteiger partial charge in [0.2, 0.25) is 0 Å². The van der Waals surface area contributed by atoms with Gasteiger partial charge in [0.15, 0.2) is 0 Å². The van der Waals surface area contributed by atoms with E-state index in [9.17, 15) is 4.39 Å². The van der Waals surface area contributed by atoms with Crippen LogP contribution >= 0.6 is 0 Å². The Morgan fingerprint density at radius 3 is 2.63 bits per heavy atom. The van der Waals surface area contributed by atoms with Crippen molar-refractivity contribution >= 4 is 0 Å². The first-order chi connectivity index (χ1) is 9.06. The summed E-state index contributed by atoms with van der Waals surface area (Å²) in [7, 11) is 0. The molecule has 0 aliphatic carbocycles. The van der Waals surface area contributed by atoms with Crippen LogP contribution in [0.25, 0.3) is 0 Å². The molecular formula is C17H20FN. The third-order valence-electron chi connectivity index (χ3n) is 3.45. The fourth-order valence-corrected chi connectivity index (χ4v) is 2.15. The molecule has 19 heavy (non-hydrogen) atoms. The van der Waals surface area contributed by atoms with Crippen molar-refractivity contribution < 1.29 is 4.39 Å². The van der Waals surface area contributed by atoms with Gasteiger partial charge in [0.1, 0.15) is 5.82 Å². The van der Waals surface area contributed by atoms with E-state index < -0.39 is 0 Å².